The van der Waals surface area contributed by atoms with Crippen LogP contribution in [0.2, 0.25) is 5.02 Å². The van der Waals surface area contributed by atoms with Crippen LogP contribution in [0.15, 0.2) is 12.1 Å². The van der Waals surface area contributed by atoms with E-state index in [1.165, 1.54) is 0 Å². The second kappa shape index (κ2) is 4.52. The van der Waals surface area contributed by atoms with Gasteiger partial charge < -0.3 is 15.4 Å². The maximum atomic E-state index is 6.20. The van der Waals surface area contributed by atoms with E-state index < -0.39 is 0 Å². The van der Waals surface area contributed by atoms with Crippen LogP contribution < -0.4 is 15.4 Å². The third-order valence-electron chi connectivity index (χ3n) is 3.25. The van der Waals surface area contributed by atoms with E-state index in [0.717, 1.165) is 28.4 Å². The summed E-state index contributed by atoms with van der Waals surface area (Å²) >= 11 is 6.20. The Labute approximate surface area is 101 Å². The largest absolute Gasteiger partial charge is 0.495 e. The molecule has 1 heterocycles. The van der Waals surface area contributed by atoms with Crippen molar-refractivity contribution in [3.63, 3.8) is 0 Å². The Morgan fingerprint density at radius 2 is 2.31 bits per heavy atom. The first-order valence-electron chi connectivity index (χ1n) is 5.46. The van der Waals surface area contributed by atoms with Crippen LogP contribution in [0.25, 0.3) is 0 Å². The standard InChI is InChI=1S/C12H17ClN2O/c1-7(14-2)10-6-8-9(13)4-5-11(16-3)12(8)15-10/h4-5,7,10,14-15H,6H2,1-3H3. The molecule has 0 aromatic heterocycles. The number of halogens is 1. The molecular weight excluding hydrogens is 224 g/mol. The maximum Gasteiger partial charge on any atom is 0.142 e. The maximum absolute atomic E-state index is 6.20. The van der Waals surface area contributed by atoms with Crippen molar-refractivity contribution in [2.24, 2.45) is 0 Å². The molecule has 2 N–H and O–H groups in total. The van der Waals surface area contributed by atoms with Crippen molar-refractivity contribution in [1.82, 2.24) is 5.32 Å². The average molecular weight is 241 g/mol. The van der Waals surface area contributed by atoms with Gasteiger partial charge in [0.05, 0.1) is 12.8 Å². The molecule has 2 unspecified atom stereocenters. The SMILES string of the molecule is CNC(C)C1Cc2c(Cl)ccc(OC)c2N1. The molecule has 0 spiro atoms. The van der Waals surface area contributed by atoms with Crippen molar-refractivity contribution in [2.45, 2.75) is 25.4 Å². The molecule has 1 aliphatic rings. The lowest BCUT2D eigenvalue weighted by Crippen LogP contribution is -2.38. The Kier molecular flexibility index (Phi) is 3.26. The molecule has 88 valence electrons. The van der Waals surface area contributed by atoms with Gasteiger partial charge in [0.25, 0.3) is 0 Å². The highest BCUT2D eigenvalue weighted by molar-refractivity contribution is 6.32. The van der Waals surface area contributed by atoms with Crippen LogP contribution in [0.1, 0.15) is 12.5 Å². The summed E-state index contributed by atoms with van der Waals surface area (Å²) in [7, 11) is 3.65. The average Bonchev–Trinajstić information content (AvgIpc) is 2.74. The first-order chi connectivity index (χ1) is 7.67. The van der Waals surface area contributed by atoms with Crippen molar-refractivity contribution < 1.29 is 4.74 Å². The third-order valence-corrected chi connectivity index (χ3v) is 3.60. The summed E-state index contributed by atoms with van der Waals surface area (Å²) in [5, 5.41) is 7.54. The number of rotatable bonds is 3. The Balaban J connectivity index is 2.32. The van der Waals surface area contributed by atoms with E-state index in [0.29, 0.717) is 12.1 Å². The number of hydrogen-bond acceptors (Lipinski definition) is 3. The van der Waals surface area contributed by atoms with E-state index in [1.807, 2.05) is 19.2 Å². The van der Waals surface area contributed by atoms with Gasteiger partial charge in [0.1, 0.15) is 5.75 Å². The van der Waals surface area contributed by atoms with Crippen LogP contribution in [0, 0.1) is 0 Å². The zero-order valence-corrected chi connectivity index (χ0v) is 10.6. The molecule has 0 radical (unpaired) electrons. The van der Waals surface area contributed by atoms with Crippen molar-refractivity contribution >= 4 is 17.3 Å². The Bertz CT molecular complexity index is 395. The molecule has 0 bridgehead atoms. The van der Waals surface area contributed by atoms with Gasteiger partial charge in [0, 0.05) is 17.1 Å². The fraction of sp³-hybridized carbons (Fsp3) is 0.500. The monoisotopic (exact) mass is 240 g/mol. The van der Waals surface area contributed by atoms with E-state index in [-0.39, 0.29) is 0 Å². The predicted molar refractivity (Wildman–Crippen MR) is 67.6 cm³/mol. The second-order valence-electron chi connectivity index (χ2n) is 4.14. The number of ether oxygens (including phenoxy) is 1. The minimum atomic E-state index is 0.369. The minimum absolute atomic E-state index is 0.369. The molecule has 0 saturated heterocycles. The van der Waals surface area contributed by atoms with E-state index in [4.69, 9.17) is 16.3 Å². The molecule has 0 fully saturated rings. The van der Waals surface area contributed by atoms with Crippen molar-refractivity contribution in [3.8, 4) is 5.75 Å². The van der Waals surface area contributed by atoms with Gasteiger partial charge >= 0.3 is 0 Å². The number of methoxy groups -OCH3 is 1. The van der Waals surface area contributed by atoms with Crippen LogP contribution in [0.5, 0.6) is 5.75 Å². The fourth-order valence-electron chi connectivity index (χ4n) is 2.09. The van der Waals surface area contributed by atoms with Gasteiger partial charge in [-0.15, -0.1) is 0 Å². The van der Waals surface area contributed by atoms with Crippen LogP contribution in [-0.4, -0.2) is 26.2 Å². The number of nitrogens with one attached hydrogen (secondary N) is 2. The lowest BCUT2D eigenvalue weighted by Gasteiger charge is -2.19. The van der Waals surface area contributed by atoms with Crippen LogP contribution in [0.3, 0.4) is 0 Å². The summed E-state index contributed by atoms with van der Waals surface area (Å²) in [6.07, 6.45) is 0.938. The number of benzene rings is 1. The van der Waals surface area contributed by atoms with Crippen molar-refractivity contribution in [2.75, 3.05) is 19.5 Å². The summed E-state index contributed by atoms with van der Waals surface area (Å²) in [6, 6.07) is 4.57. The van der Waals surface area contributed by atoms with Crippen LogP contribution in [-0.2, 0) is 6.42 Å². The lowest BCUT2D eigenvalue weighted by atomic mass is 10.1. The molecular formula is C12H17ClN2O. The smallest absolute Gasteiger partial charge is 0.142 e. The summed E-state index contributed by atoms with van der Waals surface area (Å²) in [5.41, 5.74) is 2.20. The summed E-state index contributed by atoms with van der Waals surface area (Å²) in [5.74, 6) is 0.866. The quantitative estimate of drug-likeness (QED) is 0.851. The predicted octanol–water partition coefficient (Wildman–Crippen LogP) is 2.29. The number of likely N-dealkylation sites (N-methyl/N-ethyl adjacent to an activating group) is 1. The Hall–Kier alpha value is -0.930. The molecule has 16 heavy (non-hydrogen) atoms. The van der Waals surface area contributed by atoms with Gasteiger partial charge in [0.2, 0.25) is 0 Å². The van der Waals surface area contributed by atoms with Gasteiger partial charge in [-0.25, -0.2) is 0 Å². The number of hydrogen-bond donors (Lipinski definition) is 2. The molecule has 0 aliphatic carbocycles. The number of anilines is 1. The van der Waals surface area contributed by atoms with Crippen molar-refractivity contribution in [1.29, 1.82) is 0 Å². The van der Waals surface area contributed by atoms with Gasteiger partial charge in [0.15, 0.2) is 0 Å². The molecule has 2 rings (SSSR count). The van der Waals surface area contributed by atoms with Gasteiger partial charge in [-0.3, -0.25) is 0 Å². The first kappa shape index (κ1) is 11.6. The van der Waals surface area contributed by atoms with Crippen LogP contribution >= 0.6 is 11.6 Å². The normalized spacial score (nSPS) is 20.1. The van der Waals surface area contributed by atoms with Crippen LogP contribution in [0.4, 0.5) is 5.69 Å². The van der Waals surface area contributed by atoms with E-state index in [1.54, 1.807) is 7.11 Å². The molecule has 1 aliphatic heterocycles. The Morgan fingerprint density at radius 3 is 2.94 bits per heavy atom. The molecule has 4 heteroatoms. The molecule has 0 saturated carbocycles. The zero-order valence-electron chi connectivity index (χ0n) is 9.80. The highest BCUT2D eigenvalue weighted by Crippen LogP contribution is 2.39. The Morgan fingerprint density at radius 1 is 1.56 bits per heavy atom. The highest BCUT2D eigenvalue weighted by atomic mass is 35.5. The first-order valence-corrected chi connectivity index (χ1v) is 5.84. The molecule has 3 nitrogen and oxygen atoms in total. The molecule has 2 atom stereocenters. The summed E-state index contributed by atoms with van der Waals surface area (Å²) < 4.78 is 5.33. The van der Waals surface area contributed by atoms with Gasteiger partial charge in [-0.05, 0) is 38.1 Å². The topological polar surface area (TPSA) is 33.3 Å². The fourth-order valence-corrected chi connectivity index (χ4v) is 2.32. The summed E-state index contributed by atoms with van der Waals surface area (Å²) in [4.78, 5) is 0. The second-order valence-corrected chi connectivity index (χ2v) is 4.54. The zero-order chi connectivity index (χ0) is 11.7. The molecule has 0 amide bonds. The molecule has 1 aromatic carbocycles. The van der Waals surface area contributed by atoms with Crippen molar-refractivity contribution in [3.05, 3.63) is 22.7 Å². The minimum Gasteiger partial charge on any atom is -0.495 e. The lowest BCUT2D eigenvalue weighted by molar-refractivity contribution is 0.416. The highest BCUT2D eigenvalue weighted by Gasteiger charge is 2.28. The van der Waals surface area contributed by atoms with E-state index in [9.17, 15) is 0 Å². The number of fused-ring (bicyclic) bond motifs is 1. The third kappa shape index (κ3) is 1.85. The van der Waals surface area contributed by atoms with Gasteiger partial charge in [-0.1, -0.05) is 11.6 Å². The van der Waals surface area contributed by atoms with Gasteiger partial charge in [-0.2, -0.15) is 0 Å². The molecule has 1 aromatic rings. The van der Waals surface area contributed by atoms with E-state index in [2.05, 4.69) is 17.6 Å². The van der Waals surface area contributed by atoms with E-state index >= 15 is 0 Å². The summed E-state index contributed by atoms with van der Waals surface area (Å²) in [6.45, 7) is 2.16.